The van der Waals surface area contributed by atoms with Gasteiger partial charge >= 0.3 is 0 Å². The quantitative estimate of drug-likeness (QED) is 0.606. The van der Waals surface area contributed by atoms with E-state index in [1.54, 1.807) is 30.3 Å². The summed E-state index contributed by atoms with van der Waals surface area (Å²) >= 11 is 0. The van der Waals surface area contributed by atoms with Crippen molar-refractivity contribution in [3.8, 4) is 5.75 Å². The third-order valence-electron chi connectivity index (χ3n) is 4.32. The largest absolute Gasteiger partial charge is 0.481 e. The lowest BCUT2D eigenvalue weighted by atomic mass is 10.1. The van der Waals surface area contributed by atoms with Gasteiger partial charge in [0.2, 0.25) is 5.91 Å². The molecule has 30 heavy (non-hydrogen) atoms. The van der Waals surface area contributed by atoms with E-state index in [1.165, 1.54) is 36.2 Å². The highest BCUT2D eigenvalue weighted by Gasteiger charge is 2.35. The molecule has 1 aliphatic rings. The molecule has 0 saturated heterocycles. The molecule has 4 N–H and O–H groups in total. The lowest BCUT2D eigenvalue weighted by Crippen LogP contribution is -2.49. The van der Waals surface area contributed by atoms with Gasteiger partial charge in [-0.3, -0.25) is 30.2 Å². The molecule has 0 fully saturated rings. The number of nitrogens with one attached hydrogen (secondary N) is 2. The van der Waals surface area contributed by atoms with Gasteiger partial charge in [0.1, 0.15) is 23.3 Å². The minimum absolute atomic E-state index is 0.00638. The Balaban J connectivity index is 1.59. The first kappa shape index (κ1) is 20.8. The maximum Gasteiger partial charge on any atom is 0.285 e. The van der Waals surface area contributed by atoms with Crippen LogP contribution in [0, 0.1) is 5.82 Å². The molecule has 3 amide bonds. The molecule has 3 rings (SSSR count). The molecule has 0 unspecified atom stereocenters. The van der Waals surface area contributed by atoms with Gasteiger partial charge in [0.05, 0.1) is 5.69 Å². The Labute approximate surface area is 171 Å². The monoisotopic (exact) mass is 413 g/mol. The summed E-state index contributed by atoms with van der Waals surface area (Å²) in [5.41, 5.74) is 10.6. The highest BCUT2D eigenvalue weighted by atomic mass is 19.1. The number of ether oxygens (including phenoxy) is 1. The van der Waals surface area contributed by atoms with Crippen LogP contribution in [-0.4, -0.2) is 35.6 Å². The molecule has 156 valence electrons. The molecule has 2 aromatic rings. The Morgan fingerprint density at radius 3 is 2.43 bits per heavy atom. The number of para-hydroxylation sites is 1. The molecule has 9 nitrogen and oxygen atoms in total. The van der Waals surface area contributed by atoms with Crippen LogP contribution >= 0.6 is 0 Å². The number of amides is 3. The van der Waals surface area contributed by atoms with E-state index in [9.17, 15) is 18.8 Å². The molecule has 2 atom stereocenters. The Hall–Kier alpha value is -3.95. The van der Waals surface area contributed by atoms with E-state index in [1.807, 2.05) is 0 Å². The number of primary amides is 1. The van der Waals surface area contributed by atoms with Crippen molar-refractivity contribution in [2.75, 3.05) is 5.01 Å². The Bertz CT molecular complexity index is 965. The van der Waals surface area contributed by atoms with Crippen molar-refractivity contribution in [3.05, 3.63) is 60.4 Å². The van der Waals surface area contributed by atoms with E-state index in [4.69, 9.17) is 10.5 Å². The lowest BCUT2D eigenvalue weighted by molar-refractivity contribution is -0.131. The normalized spacial score (nSPS) is 16.4. The second-order valence-corrected chi connectivity index (χ2v) is 6.51. The summed E-state index contributed by atoms with van der Waals surface area (Å²) in [6.07, 6.45) is -0.964. The van der Waals surface area contributed by atoms with Crippen molar-refractivity contribution < 1.29 is 23.5 Å². The van der Waals surface area contributed by atoms with Crippen molar-refractivity contribution in [2.45, 2.75) is 25.5 Å². The molecular weight excluding hydrogens is 393 g/mol. The summed E-state index contributed by atoms with van der Waals surface area (Å²) in [4.78, 5) is 36.3. The summed E-state index contributed by atoms with van der Waals surface area (Å²) in [6, 6.07) is 13.2. The highest BCUT2D eigenvalue weighted by molar-refractivity contribution is 6.40. The maximum absolute atomic E-state index is 12.9. The number of nitrogens with zero attached hydrogens (tertiary/aromatic N) is 2. The Morgan fingerprint density at radius 1 is 1.13 bits per heavy atom. The number of carbonyl (C=O) groups is 3. The third-order valence-corrected chi connectivity index (χ3v) is 4.32. The number of hydrogen-bond acceptors (Lipinski definition) is 6. The summed E-state index contributed by atoms with van der Waals surface area (Å²) in [7, 11) is 0. The zero-order valence-corrected chi connectivity index (χ0v) is 16.0. The number of hydrogen-bond donors (Lipinski definition) is 3. The second-order valence-electron chi connectivity index (χ2n) is 6.51. The van der Waals surface area contributed by atoms with Gasteiger partial charge in [0.25, 0.3) is 11.8 Å². The van der Waals surface area contributed by atoms with Gasteiger partial charge < -0.3 is 10.5 Å². The molecule has 1 aliphatic heterocycles. The van der Waals surface area contributed by atoms with Crippen LogP contribution in [0.25, 0.3) is 0 Å². The second kappa shape index (κ2) is 9.03. The van der Waals surface area contributed by atoms with Gasteiger partial charge in [-0.25, -0.2) is 4.39 Å². The molecule has 10 heteroatoms. The van der Waals surface area contributed by atoms with Crippen LogP contribution in [0.3, 0.4) is 0 Å². The van der Waals surface area contributed by atoms with Gasteiger partial charge in [-0.15, -0.1) is 0 Å². The van der Waals surface area contributed by atoms with Gasteiger partial charge in [0.15, 0.2) is 6.10 Å². The van der Waals surface area contributed by atoms with Crippen LogP contribution in [0.4, 0.5) is 10.1 Å². The molecular formula is C20H20FN5O4. The van der Waals surface area contributed by atoms with Crippen molar-refractivity contribution in [1.82, 2.24) is 10.9 Å². The average molecular weight is 413 g/mol. The molecule has 0 spiro atoms. The van der Waals surface area contributed by atoms with Gasteiger partial charge in [-0.2, -0.15) is 5.10 Å². The summed E-state index contributed by atoms with van der Waals surface area (Å²) in [5.74, 6) is -2.06. The molecule has 2 aromatic carbocycles. The van der Waals surface area contributed by atoms with E-state index in [0.717, 1.165) is 0 Å². The highest BCUT2D eigenvalue weighted by Crippen LogP contribution is 2.24. The first-order valence-corrected chi connectivity index (χ1v) is 9.08. The molecule has 0 radical (unpaired) electrons. The minimum Gasteiger partial charge on any atom is -0.481 e. The fourth-order valence-electron chi connectivity index (χ4n) is 2.75. The topological polar surface area (TPSA) is 126 Å². The minimum atomic E-state index is -0.958. The molecule has 1 heterocycles. The predicted molar refractivity (Wildman–Crippen MR) is 107 cm³/mol. The first-order valence-electron chi connectivity index (χ1n) is 9.08. The van der Waals surface area contributed by atoms with E-state index in [2.05, 4.69) is 16.0 Å². The van der Waals surface area contributed by atoms with Crippen molar-refractivity contribution in [2.24, 2.45) is 10.8 Å². The SMILES string of the molecule is C[C@H](Oc1ccc(F)cc1)C(=O)NNC(=O)C1=NN(c2ccccc2)[C@@H](C(N)=O)C1. The number of halogens is 1. The zero-order valence-electron chi connectivity index (χ0n) is 16.0. The van der Waals surface area contributed by atoms with Crippen LogP contribution in [0.1, 0.15) is 13.3 Å². The smallest absolute Gasteiger partial charge is 0.285 e. The van der Waals surface area contributed by atoms with Crippen molar-refractivity contribution >= 4 is 29.1 Å². The summed E-state index contributed by atoms with van der Waals surface area (Å²) in [5, 5.41) is 5.55. The molecule has 0 saturated carbocycles. The molecule has 0 aromatic heterocycles. The van der Waals surface area contributed by atoms with Crippen LogP contribution in [-0.2, 0) is 14.4 Å². The fraction of sp³-hybridized carbons (Fsp3) is 0.200. The number of rotatable bonds is 6. The number of hydrazone groups is 1. The number of nitrogens with two attached hydrogens (primary N) is 1. The molecule has 0 bridgehead atoms. The van der Waals surface area contributed by atoms with Crippen LogP contribution < -0.4 is 26.3 Å². The van der Waals surface area contributed by atoms with E-state index in [0.29, 0.717) is 11.4 Å². The van der Waals surface area contributed by atoms with E-state index >= 15 is 0 Å². The van der Waals surface area contributed by atoms with Gasteiger partial charge in [0, 0.05) is 6.42 Å². The lowest BCUT2D eigenvalue weighted by Gasteiger charge is -2.20. The Kier molecular flexibility index (Phi) is 6.26. The Morgan fingerprint density at radius 2 is 1.80 bits per heavy atom. The van der Waals surface area contributed by atoms with E-state index < -0.39 is 35.7 Å². The van der Waals surface area contributed by atoms with Crippen LogP contribution in [0.2, 0.25) is 0 Å². The zero-order chi connectivity index (χ0) is 21.7. The van der Waals surface area contributed by atoms with Gasteiger partial charge in [-0.05, 0) is 43.3 Å². The average Bonchev–Trinajstić information content (AvgIpc) is 3.20. The van der Waals surface area contributed by atoms with Crippen molar-refractivity contribution in [1.29, 1.82) is 0 Å². The van der Waals surface area contributed by atoms with Crippen LogP contribution in [0.15, 0.2) is 59.7 Å². The fourth-order valence-corrected chi connectivity index (χ4v) is 2.75. The standard InChI is InChI=1S/C20H20FN5O4/c1-12(30-15-9-7-13(21)8-10-15)19(28)23-24-20(29)16-11-17(18(22)27)26(25-16)14-5-3-2-4-6-14/h2-10,12,17H,11H2,1H3,(H2,22,27)(H,23,28)(H,24,29)/t12-,17+/m0/s1. The van der Waals surface area contributed by atoms with Gasteiger partial charge in [-0.1, -0.05) is 18.2 Å². The first-order chi connectivity index (χ1) is 14.3. The summed E-state index contributed by atoms with van der Waals surface area (Å²) < 4.78 is 18.3. The number of hydrazine groups is 1. The molecule has 0 aliphatic carbocycles. The summed E-state index contributed by atoms with van der Waals surface area (Å²) in [6.45, 7) is 1.47. The number of carbonyl (C=O) groups excluding carboxylic acids is 3. The predicted octanol–water partition coefficient (Wildman–Crippen LogP) is 0.861. The van der Waals surface area contributed by atoms with E-state index in [-0.39, 0.29) is 12.1 Å². The number of anilines is 1. The number of benzene rings is 2. The van der Waals surface area contributed by atoms with Crippen LogP contribution in [0.5, 0.6) is 5.75 Å². The third kappa shape index (κ3) is 4.90. The van der Waals surface area contributed by atoms with Crippen molar-refractivity contribution in [3.63, 3.8) is 0 Å². The maximum atomic E-state index is 12.9.